The highest BCUT2D eigenvalue weighted by Gasteiger charge is 2.25. The highest BCUT2D eigenvalue weighted by molar-refractivity contribution is 7.90. The topological polar surface area (TPSA) is 130 Å². The van der Waals surface area contributed by atoms with Crippen molar-refractivity contribution in [3.05, 3.63) is 71.4 Å². The maximum atomic E-state index is 13.3. The summed E-state index contributed by atoms with van der Waals surface area (Å²) in [6.45, 7) is 3.78. The highest BCUT2D eigenvalue weighted by atomic mass is 32.2. The van der Waals surface area contributed by atoms with Crippen LogP contribution in [0.3, 0.4) is 0 Å². The van der Waals surface area contributed by atoms with E-state index in [0.29, 0.717) is 28.0 Å². The number of aromatic nitrogens is 3. The van der Waals surface area contributed by atoms with Gasteiger partial charge in [0.15, 0.2) is 21.3 Å². The second-order valence-corrected chi connectivity index (χ2v) is 10.2. The summed E-state index contributed by atoms with van der Waals surface area (Å²) in [5.74, 6) is 0.0224. The molecule has 0 aliphatic rings. The van der Waals surface area contributed by atoms with Crippen LogP contribution in [0, 0.1) is 6.92 Å². The first-order valence-corrected chi connectivity index (χ1v) is 13.1. The third kappa shape index (κ3) is 5.21. The summed E-state index contributed by atoms with van der Waals surface area (Å²) in [5, 5.41) is 11.5. The molecule has 11 heteroatoms. The number of phenolic OH excluding ortho intramolecular Hbond substituents is 1. The molecule has 0 aliphatic heterocycles. The Balaban J connectivity index is 1.91. The lowest BCUT2D eigenvalue weighted by atomic mass is 10.0. The van der Waals surface area contributed by atoms with Gasteiger partial charge in [-0.2, -0.15) is 0 Å². The second kappa shape index (κ2) is 10.5. The second-order valence-electron chi connectivity index (χ2n) is 8.22. The highest BCUT2D eigenvalue weighted by Crippen LogP contribution is 2.37. The SMILES string of the molecule is CCOC(=O)c1cc2cc(OC)c(O)c(Cn3ccnc3C)c2nc1CS(=O)(=O)c1ccc(OC)cc1. The predicted octanol–water partition coefficient (Wildman–Crippen LogP) is 3.66. The lowest BCUT2D eigenvalue weighted by Crippen LogP contribution is -2.15. The molecule has 0 bridgehead atoms. The van der Waals surface area contributed by atoms with E-state index >= 15 is 0 Å². The number of carbonyl (C=O) groups excluding carboxylic acids is 1. The Morgan fingerprint density at radius 2 is 1.84 bits per heavy atom. The van der Waals surface area contributed by atoms with Gasteiger partial charge in [-0.1, -0.05) is 0 Å². The fourth-order valence-corrected chi connectivity index (χ4v) is 5.28. The number of benzene rings is 2. The monoisotopic (exact) mass is 525 g/mol. The smallest absolute Gasteiger partial charge is 0.340 e. The van der Waals surface area contributed by atoms with Gasteiger partial charge < -0.3 is 23.9 Å². The molecule has 0 atom stereocenters. The fraction of sp³-hybridized carbons (Fsp3) is 0.269. The van der Waals surface area contributed by atoms with Crippen molar-refractivity contribution in [2.75, 3.05) is 20.8 Å². The van der Waals surface area contributed by atoms with Crippen molar-refractivity contribution in [3.8, 4) is 17.2 Å². The zero-order valence-corrected chi connectivity index (χ0v) is 21.7. The van der Waals surface area contributed by atoms with E-state index in [1.165, 1.54) is 32.4 Å². The number of aryl methyl sites for hydroxylation is 1. The van der Waals surface area contributed by atoms with Gasteiger partial charge in [-0.25, -0.2) is 18.2 Å². The average molecular weight is 526 g/mol. The first-order chi connectivity index (χ1) is 17.7. The molecule has 4 rings (SSSR count). The van der Waals surface area contributed by atoms with E-state index in [-0.39, 0.29) is 40.8 Å². The minimum absolute atomic E-state index is 0.00920. The van der Waals surface area contributed by atoms with Crippen molar-refractivity contribution < 1.29 is 32.5 Å². The van der Waals surface area contributed by atoms with E-state index < -0.39 is 21.6 Å². The molecule has 0 saturated heterocycles. The van der Waals surface area contributed by atoms with Crippen molar-refractivity contribution in [2.24, 2.45) is 0 Å². The number of sulfone groups is 1. The number of aromatic hydroxyl groups is 1. The molecule has 2 heterocycles. The molecule has 2 aromatic carbocycles. The molecule has 1 N–H and O–H groups in total. The Kier molecular flexibility index (Phi) is 7.35. The number of methoxy groups -OCH3 is 2. The van der Waals surface area contributed by atoms with Gasteiger partial charge in [0.25, 0.3) is 0 Å². The van der Waals surface area contributed by atoms with E-state index in [2.05, 4.69) is 9.97 Å². The number of carbonyl (C=O) groups is 1. The molecule has 10 nitrogen and oxygen atoms in total. The number of ether oxygens (including phenoxy) is 3. The van der Waals surface area contributed by atoms with Gasteiger partial charge in [-0.3, -0.25) is 4.98 Å². The number of pyridine rings is 1. The average Bonchev–Trinajstić information content (AvgIpc) is 3.29. The number of imidazole rings is 1. The van der Waals surface area contributed by atoms with Crippen LogP contribution in [0.15, 0.2) is 53.7 Å². The zero-order chi connectivity index (χ0) is 26.7. The van der Waals surface area contributed by atoms with E-state index in [1.807, 2.05) is 11.5 Å². The maximum Gasteiger partial charge on any atom is 0.340 e. The molecule has 4 aromatic rings. The van der Waals surface area contributed by atoms with Crippen molar-refractivity contribution in [1.29, 1.82) is 0 Å². The third-order valence-electron chi connectivity index (χ3n) is 5.94. The van der Waals surface area contributed by atoms with Crippen molar-refractivity contribution in [2.45, 2.75) is 31.0 Å². The fourth-order valence-electron chi connectivity index (χ4n) is 3.98. The molecule has 0 aliphatic carbocycles. The standard InChI is InChI=1S/C26H27N3O7S/c1-5-36-26(31)20-12-17-13-23(35-4)25(30)21(14-29-11-10-27-16(29)2)24(17)28-22(20)15-37(32,33)19-8-6-18(34-3)7-9-19/h6-13,30H,5,14-15H2,1-4H3. The van der Waals surface area contributed by atoms with Gasteiger partial charge >= 0.3 is 5.97 Å². The molecule has 0 unspecified atom stereocenters. The van der Waals surface area contributed by atoms with Gasteiger partial charge in [0.05, 0.1) is 54.8 Å². The molecular formula is C26H27N3O7S. The molecule has 0 amide bonds. The summed E-state index contributed by atoms with van der Waals surface area (Å²) >= 11 is 0. The van der Waals surface area contributed by atoms with E-state index in [0.717, 1.165) is 0 Å². The van der Waals surface area contributed by atoms with Crippen molar-refractivity contribution in [3.63, 3.8) is 0 Å². The largest absolute Gasteiger partial charge is 0.504 e. The minimum atomic E-state index is -3.90. The maximum absolute atomic E-state index is 13.3. The number of hydrogen-bond acceptors (Lipinski definition) is 9. The van der Waals surface area contributed by atoms with Gasteiger partial charge in [-0.05, 0) is 50.2 Å². The zero-order valence-electron chi connectivity index (χ0n) is 20.9. The molecule has 0 radical (unpaired) electrons. The molecule has 0 fully saturated rings. The van der Waals surface area contributed by atoms with E-state index in [1.54, 1.807) is 37.5 Å². The lowest BCUT2D eigenvalue weighted by molar-refractivity contribution is 0.0525. The molecular weight excluding hydrogens is 498 g/mol. The van der Waals surface area contributed by atoms with Gasteiger partial charge in [0.2, 0.25) is 0 Å². The van der Waals surface area contributed by atoms with Crippen LogP contribution in [0.2, 0.25) is 0 Å². The summed E-state index contributed by atoms with van der Waals surface area (Å²) in [4.78, 5) is 21.7. The number of rotatable bonds is 9. The number of esters is 1. The minimum Gasteiger partial charge on any atom is -0.504 e. The molecule has 194 valence electrons. The summed E-state index contributed by atoms with van der Waals surface area (Å²) < 4.78 is 44.1. The van der Waals surface area contributed by atoms with Crippen LogP contribution in [0.1, 0.15) is 34.4 Å². The predicted molar refractivity (Wildman–Crippen MR) is 136 cm³/mol. The molecule has 37 heavy (non-hydrogen) atoms. The summed E-state index contributed by atoms with van der Waals surface area (Å²) in [7, 11) is -0.992. The Labute approximate surface area is 214 Å². The van der Waals surface area contributed by atoms with Crippen LogP contribution < -0.4 is 9.47 Å². The van der Waals surface area contributed by atoms with E-state index in [4.69, 9.17) is 14.2 Å². The number of fused-ring (bicyclic) bond motifs is 1. The number of hydrogen-bond donors (Lipinski definition) is 1. The van der Waals surface area contributed by atoms with Crippen LogP contribution in [0.5, 0.6) is 17.2 Å². The van der Waals surface area contributed by atoms with Crippen LogP contribution in [0.25, 0.3) is 10.9 Å². The third-order valence-corrected chi connectivity index (χ3v) is 7.58. The van der Waals surface area contributed by atoms with Gasteiger partial charge in [0.1, 0.15) is 11.6 Å². The first kappa shape index (κ1) is 26.0. The lowest BCUT2D eigenvalue weighted by Gasteiger charge is -2.16. The number of nitrogens with zero attached hydrogens (tertiary/aromatic N) is 3. The first-order valence-electron chi connectivity index (χ1n) is 11.4. The Morgan fingerprint density at radius 1 is 1.11 bits per heavy atom. The molecule has 0 saturated carbocycles. The van der Waals surface area contributed by atoms with Crippen LogP contribution in [-0.4, -0.2) is 54.9 Å². The van der Waals surface area contributed by atoms with Crippen molar-refractivity contribution in [1.82, 2.24) is 14.5 Å². The normalized spacial score (nSPS) is 11.5. The van der Waals surface area contributed by atoms with Crippen LogP contribution >= 0.6 is 0 Å². The van der Waals surface area contributed by atoms with Crippen LogP contribution in [-0.2, 0) is 26.9 Å². The Hall–Kier alpha value is -4.12. The van der Waals surface area contributed by atoms with E-state index in [9.17, 15) is 18.3 Å². The molecule has 0 spiro atoms. The Bertz CT molecular complexity index is 1560. The van der Waals surface area contributed by atoms with Crippen LogP contribution in [0.4, 0.5) is 0 Å². The van der Waals surface area contributed by atoms with Crippen molar-refractivity contribution >= 4 is 26.7 Å². The number of phenols is 1. The summed E-state index contributed by atoms with van der Waals surface area (Å²) in [6.07, 6.45) is 3.38. The Morgan fingerprint density at radius 3 is 2.43 bits per heavy atom. The quantitative estimate of drug-likeness (QED) is 0.325. The summed E-state index contributed by atoms with van der Waals surface area (Å²) in [6, 6.07) is 9.02. The summed E-state index contributed by atoms with van der Waals surface area (Å²) in [5.41, 5.74) is 0.757. The van der Waals surface area contributed by atoms with Gasteiger partial charge in [-0.15, -0.1) is 0 Å². The molecule has 2 aromatic heterocycles. The van der Waals surface area contributed by atoms with Gasteiger partial charge in [0, 0.05) is 23.3 Å².